The highest BCUT2D eigenvalue weighted by Gasteiger charge is 2.49. The Morgan fingerprint density at radius 3 is 1.58 bits per heavy atom. The fourth-order valence-corrected chi connectivity index (χ4v) is 13.1. The van der Waals surface area contributed by atoms with Gasteiger partial charge >= 0.3 is 0 Å². The van der Waals surface area contributed by atoms with Crippen molar-refractivity contribution in [1.82, 2.24) is 0 Å². The second kappa shape index (κ2) is 14.5. The largest absolute Gasteiger partial charge is 0.311 e. The maximum atomic E-state index is 2.69. The molecule has 338 valence electrons. The SMILES string of the molecule is Cc1cc2c3c(c1)N(c1ccc(C(C)(C)C)cc1)c1c(sc4ccc(C(C)(C)C)cc14)B3c1cc3c(cc1N2c1ccc(C(C)(C)C)cc1-c1ccc(C(C)(C)C)cc1)C(C)(C)CC3(C)C. The Kier molecular flexibility index (Phi) is 9.82. The van der Waals surface area contributed by atoms with Gasteiger partial charge in [-0.2, -0.15) is 0 Å². The summed E-state index contributed by atoms with van der Waals surface area (Å²) >= 11 is 2.01. The smallest absolute Gasteiger partial charge is 0.264 e. The normalized spacial score (nSPS) is 16.3. The quantitative estimate of drug-likeness (QED) is 0.163. The van der Waals surface area contributed by atoms with Crippen molar-refractivity contribution in [1.29, 1.82) is 0 Å². The number of thiophene rings is 1. The van der Waals surface area contributed by atoms with Crippen molar-refractivity contribution in [2.45, 2.75) is 157 Å². The molecule has 0 saturated heterocycles. The van der Waals surface area contributed by atoms with Gasteiger partial charge in [0, 0.05) is 43.2 Å². The minimum atomic E-state index is -0.0179. The molecule has 1 aliphatic carbocycles. The zero-order valence-corrected chi connectivity index (χ0v) is 43.8. The van der Waals surface area contributed by atoms with E-state index in [1.807, 2.05) is 11.3 Å². The summed E-state index contributed by atoms with van der Waals surface area (Å²) in [6, 6.07) is 43.9. The number of fused-ring (bicyclic) bond motifs is 7. The number of anilines is 6. The molecule has 0 saturated carbocycles. The number of rotatable bonds is 3. The lowest BCUT2D eigenvalue weighted by molar-refractivity contribution is 0.403. The maximum absolute atomic E-state index is 2.69. The van der Waals surface area contributed by atoms with Crippen LogP contribution in [0.1, 0.15) is 156 Å². The molecular formula is C62H71BN2S. The zero-order chi connectivity index (χ0) is 47.4. The molecule has 6 aromatic carbocycles. The van der Waals surface area contributed by atoms with Crippen LogP contribution in [0.15, 0.2) is 109 Å². The summed E-state index contributed by atoms with van der Waals surface area (Å²) in [5.41, 5.74) is 22.8. The van der Waals surface area contributed by atoms with Crippen molar-refractivity contribution >= 4 is 78.0 Å². The minimum Gasteiger partial charge on any atom is -0.311 e. The Balaban J connectivity index is 1.33. The van der Waals surface area contributed by atoms with Crippen LogP contribution >= 0.6 is 11.3 Å². The maximum Gasteiger partial charge on any atom is 0.264 e. The van der Waals surface area contributed by atoms with E-state index in [1.165, 1.54) is 110 Å². The third kappa shape index (κ3) is 7.10. The van der Waals surface area contributed by atoms with E-state index >= 15 is 0 Å². The van der Waals surface area contributed by atoms with E-state index in [9.17, 15) is 0 Å². The van der Waals surface area contributed by atoms with Crippen molar-refractivity contribution in [2.75, 3.05) is 9.80 Å². The molecule has 0 fully saturated rings. The summed E-state index contributed by atoms with van der Waals surface area (Å²) in [6.45, 7) is 40.2. The molecule has 2 nitrogen and oxygen atoms in total. The standard InChI is InChI=1S/C62H71BN2S/c1-37-30-51-54-52(31-37)65(49-28-24-41(59(8,9)10)32-44(49)38-18-20-39(21-19-38)57(2,3)4)50-35-47-46(61(14,15)36-62(47,16)17)34-48(50)63(54)56-55(45-33-42(60(11,12)13)25-29-53(45)66-56)64(51)43-26-22-40(23-27-43)58(5,6)7/h18-35H,36H2,1-17H3. The number of benzene rings is 6. The second-order valence-corrected chi connectivity index (χ2v) is 26.7. The molecule has 2 aliphatic heterocycles. The number of nitrogens with zero attached hydrogens (tertiary/aromatic N) is 2. The van der Waals surface area contributed by atoms with Crippen LogP contribution in [0.3, 0.4) is 0 Å². The molecule has 3 heterocycles. The molecule has 0 spiro atoms. The van der Waals surface area contributed by atoms with E-state index in [4.69, 9.17) is 0 Å². The van der Waals surface area contributed by atoms with E-state index in [2.05, 4.69) is 237 Å². The van der Waals surface area contributed by atoms with Crippen LogP contribution in [0.5, 0.6) is 0 Å². The monoisotopic (exact) mass is 887 g/mol. The van der Waals surface area contributed by atoms with Gasteiger partial charge in [-0.05, 0) is 156 Å². The summed E-state index contributed by atoms with van der Waals surface area (Å²) in [5, 5.41) is 1.35. The first-order valence-corrected chi connectivity index (χ1v) is 25.3. The van der Waals surface area contributed by atoms with Gasteiger partial charge < -0.3 is 9.80 Å². The average Bonchev–Trinajstić information content (AvgIpc) is 3.68. The molecule has 0 radical (unpaired) electrons. The number of aryl methyl sites for hydroxylation is 1. The zero-order valence-electron chi connectivity index (χ0n) is 43.0. The van der Waals surface area contributed by atoms with E-state index < -0.39 is 0 Å². The van der Waals surface area contributed by atoms with Gasteiger partial charge in [-0.3, -0.25) is 0 Å². The summed E-state index contributed by atoms with van der Waals surface area (Å²) < 4.78 is 2.78. The first-order chi connectivity index (χ1) is 30.6. The molecule has 66 heavy (non-hydrogen) atoms. The third-order valence-electron chi connectivity index (χ3n) is 15.3. The van der Waals surface area contributed by atoms with Gasteiger partial charge in [-0.25, -0.2) is 0 Å². The van der Waals surface area contributed by atoms with Gasteiger partial charge in [-0.15, -0.1) is 11.3 Å². The molecule has 7 aromatic rings. The average molecular weight is 887 g/mol. The van der Waals surface area contributed by atoms with Crippen molar-refractivity contribution in [3.8, 4) is 11.1 Å². The fourth-order valence-electron chi connectivity index (χ4n) is 11.8. The van der Waals surface area contributed by atoms with E-state index in [-0.39, 0.29) is 39.2 Å². The van der Waals surface area contributed by atoms with Crippen molar-refractivity contribution in [3.63, 3.8) is 0 Å². The first kappa shape index (κ1) is 44.8. The van der Waals surface area contributed by atoms with Crippen LogP contribution in [-0.4, -0.2) is 6.71 Å². The Hall–Kier alpha value is -5.06. The molecule has 4 heteroatoms. The van der Waals surface area contributed by atoms with Crippen LogP contribution in [0.25, 0.3) is 21.2 Å². The molecule has 3 aliphatic rings. The highest BCUT2D eigenvalue weighted by Crippen LogP contribution is 2.55. The first-order valence-electron chi connectivity index (χ1n) is 24.5. The summed E-state index contributed by atoms with van der Waals surface area (Å²) in [5.74, 6) is 0. The van der Waals surface area contributed by atoms with Gasteiger partial charge in [0.2, 0.25) is 0 Å². The van der Waals surface area contributed by atoms with E-state index in [1.54, 1.807) is 0 Å². The Morgan fingerprint density at radius 2 is 1.00 bits per heavy atom. The summed E-state index contributed by atoms with van der Waals surface area (Å²) in [6.07, 6.45) is 1.12. The van der Waals surface area contributed by atoms with Gasteiger partial charge in [0.05, 0.1) is 11.4 Å². The summed E-state index contributed by atoms with van der Waals surface area (Å²) in [4.78, 5) is 5.34. The van der Waals surface area contributed by atoms with Gasteiger partial charge in [-0.1, -0.05) is 165 Å². The Labute approximate surface area is 401 Å². The van der Waals surface area contributed by atoms with Crippen LogP contribution in [0.4, 0.5) is 34.1 Å². The third-order valence-corrected chi connectivity index (χ3v) is 16.5. The molecule has 0 atom stereocenters. The molecule has 0 N–H and O–H groups in total. The highest BCUT2D eigenvalue weighted by molar-refractivity contribution is 7.33. The van der Waals surface area contributed by atoms with E-state index in [0.717, 1.165) is 6.42 Å². The Morgan fingerprint density at radius 1 is 0.500 bits per heavy atom. The van der Waals surface area contributed by atoms with Gasteiger partial charge in [0.1, 0.15) is 0 Å². The fraction of sp³-hybridized carbons (Fsp3) is 0.387. The van der Waals surface area contributed by atoms with Crippen LogP contribution in [0, 0.1) is 6.92 Å². The van der Waals surface area contributed by atoms with Gasteiger partial charge in [0.15, 0.2) is 0 Å². The topological polar surface area (TPSA) is 6.48 Å². The van der Waals surface area contributed by atoms with Crippen molar-refractivity contribution in [2.24, 2.45) is 0 Å². The predicted molar refractivity (Wildman–Crippen MR) is 291 cm³/mol. The van der Waals surface area contributed by atoms with E-state index in [0.29, 0.717) is 0 Å². The van der Waals surface area contributed by atoms with Crippen molar-refractivity contribution in [3.05, 3.63) is 148 Å². The summed E-state index contributed by atoms with van der Waals surface area (Å²) in [7, 11) is 0. The molecule has 0 amide bonds. The number of hydrogen-bond donors (Lipinski definition) is 0. The van der Waals surface area contributed by atoms with Crippen LogP contribution in [-0.2, 0) is 32.5 Å². The molecular weight excluding hydrogens is 816 g/mol. The lowest BCUT2D eigenvalue weighted by atomic mass is 9.36. The predicted octanol–water partition coefficient (Wildman–Crippen LogP) is 16.1. The molecule has 1 aromatic heterocycles. The second-order valence-electron chi connectivity index (χ2n) is 25.6. The molecule has 0 unspecified atom stereocenters. The van der Waals surface area contributed by atoms with Crippen molar-refractivity contribution < 1.29 is 0 Å². The van der Waals surface area contributed by atoms with Crippen LogP contribution in [0.2, 0.25) is 0 Å². The lowest BCUT2D eigenvalue weighted by Crippen LogP contribution is -2.60. The Bertz CT molecular complexity index is 3100. The lowest BCUT2D eigenvalue weighted by Gasteiger charge is -2.44. The minimum absolute atomic E-state index is 0.0166. The van der Waals surface area contributed by atoms with Gasteiger partial charge in [0.25, 0.3) is 6.71 Å². The molecule has 10 rings (SSSR count). The number of hydrogen-bond acceptors (Lipinski definition) is 3. The van der Waals surface area contributed by atoms with Crippen LogP contribution < -0.4 is 25.5 Å². The highest BCUT2D eigenvalue weighted by atomic mass is 32.1. The molecule has 0 bridgehead atoms.